The number of unbranched alkanes of at least 4 members (excludes halogenated alkanes) is 10. The predicted molar refractivity (Wildman–Crippen MR) is 346 cm³/mol. The van der Waals surface area contributed by atoms with Gasteiger partial charge in [0.1, 0.15) is 12.2 Å². The third-order valence-corrected chi connectivity index (χ3v) is 25.3. The van der Waals surface area contributed by atoms with Gasteiger partial charge in [0, 0.05) is 34.1 Å². The van der Waals surface area contributed by atoms with Gasteiger partial charge in [-0.15, -0.1) is 68.0 Å². The molecule has 6 aromatic heterocycles. The van der Waals surface area contributed by atoms with Crippen LogP contribution >= 0.6 is 99.9 Å². The summed E-state index contributed by atoms with van der Waals surface area (Å²) in [5.74, 6) is -0.543. The summed E-state index contributed by atoms with van der Waals surface area (Å²) in [6.45, 7) is 20.9. The molecule has 2 atom stereocenters. The molecule has 0 spiro atoms. The molecule has 78 heavy (non-hydrogen) atoms. The summed E-state index contributed by atoms with van der Waals surface area (Å²) >= 11 is 17.5. The molecule has 6 aromatic rings. The van der Waals surface area contributed by atoms with E-state index in [-0.39, 0.29) is 44.2 Å². The zero-order chi connectivity index (χ0) is 55.2. The van der Waals surface area contributed by atoms with Gasteiger partial charge in [-0.2, -0.15) is 0 Å². The first-order valence-electron chi connectivity index (χ1n) is 28.0. The van der Waals surface area contributed by atoms with Gasteiger partial charge in [-0.1, -0.05) is 138 Å². The van der Waals surface area contributed by atoms with Crippen molar-refractivity contribution in [2.45, 2.75) is 202 Å². The standard InChI is InChI=1S/C34H52Br2O4S2.C14H14O4S2.C12H16S2Si.CH4/c1-5-9-13-15-17-21-25(19-11-7-3)39-33(37)27-23-29(41-31(27)35)30-24-28(32(36)42-30)34(38)40-26(20-12-8-4)22-18-16-14-10-6-2;1-3-11(13-15-5-6-16-13)19-9(1)10-2-4-12(20-10)14-17-7-8-18-14;1-9-5-6-10(13-9)11-7-8-12(14-11)15(2,3)4;/h23-26H,5-22H2,1-4H3;1-4,13-14H,5-8H2;5-8H,1-4H3;1H4. The average molecular weight is 1330 g/mol. The number of rotatable bonds is 28. The number of hydrogen-bond acceptors (Lipinski definition) is 14. The van der Waals surface area contributed by atoms with E-state index in [1.165, 1.54) is 98.4 Å². The average Bonchev–Trinajstić information content (AvgIpc) is 4.25. The maximum Gasteiger partial charge on any atom is 0.340 e. The van der Waals surface area contributed by atoms with E-state index in [0.717, 1.165) is 91.3 Å². The highest BCUT2D eigenvalue weighted by Crippen LogP contribution is 2.43. The predicted octanol–water partition coefficient (Wildman–Crippen LogP) is 21.7. The summed E-state index contributed by atoms with van der Waals surface area (Å²) in [5.41, 5.74) is 1.11. The van der Waals surface area contributed by atoms with Crippen LogP contribution in [-0.4, -0.2) is 58.6 Å². The van der Waals surface area contributed by atoms with Crippen LogP contribution in [0, 0.1) is 6.92 Å². The van der Waals surface area contributed by atoms with Crippen LogP contribution in [0.15, 0.2) is 68.2 Å². The molecular formula is C61H86Br2O8S6Si. The summed E-state index contributed by atoms with van der Waals surface area (Å²) in [6.07, 6.45) is 19.5. The van der Waals surface area contributed by atoms with Crippen molar-refractivity contribution in [3.05, 3.63) is 94.0 Å². The third-order valence-electron chi connectivity index (χ3n) is 13.2. The topological polar surface area (TPSA) is 89.5 Å². The molecule has 0 bridgehead atoms. The fourth-order valence-electron chi connectivity index (χ4n) is 8.74. The lowest BCUT2D eigenvalue weighted by Gasteiger charge is -2.17. The molecule has 2 saturated heterocycles. The van der Waals surface area contributed by atoms with E-state index in [1.807, 2.05) is 34.8 Å². The lowest BCUT2D eigenvalue weighted by atomic mass is 10.0. The molecule has 2 unspecified atom stereocenters. The summed E-state index contributed by atoms with van der Waals surface area (Å²) < 4.78 is 37.3. The van der Waals surface area contributed by atoms with E-state index in [9.17, 15) is 9.59 Å². The van der Waals surface area contributed by atoms with Crippen molar-refractivity contribution in [1.29, 1.82) is 0 Å². The Labute approximate surface area is 509 Å². The van der Waals surface area contributed by atoms with E-state index in [2.05, 4.69) is 135 Å². The van der Waals surface area contributed by atoms with Gasteiger partial charge in [-0.3, -0.25) is 0 Å². The van der Waals surface area contributed by atoms with E-state index >= 15 is 0 Å². The monoisotopic (exact) mass is 1320 g/mol. The Kier molecular flexibility index (Phi) is 30.3. The fourth-order valence-corrected chi connectivity index (χ4v) is 18.1. The SMILES string of the molecule is C.CCCCCCCC(CCCC)OC(=O)c1cc(-c2cc(C(=O)OC(CCCC)CCCCCCC)c(Br)s2)sc1Br.Cc1ccc(-c2ccc([Si](C)(C)C)s2)s1.c1cc(C2OCCO2)sc1-c1ccc(C2OCCO2)s1. The number of aryl methyl sites for hydroxylation is 1. The van der Waals surface area contributed by atoms with Gasteiger partial charge in [0.15, 0.2) is 12.6 Å². The second-order valence-corrected chi connectivity index (χ2v) is 35.5. The molecule has 8 heterocycles. The molecule has 0 aliphatic carbocycles. The first-order chi connectivity index (χ1) is 37.2. The molecule has 0 radical (unpaired) electrons. The molecule has 2 aliphatic heterocycles. The second-order valence-electron chi connectivity index (χ2n) is 20.7. The molecule has 0 N–H and O–H groups in total. The zero-order valence-electron chi connectivity index (χ0n) is 46.6. The number of carbonyl (C=O) groups is 2. The lowest BCUT2D eigenvalue weighted by Crippen LogP contribution is -2.34. The normalized spacial score (nSPS) is 14.6. The van der Waals surface area contributed by atoms with Gasteiger partial charge in [-0.25, -0.2) is 9.59 Å². The Balaban J connectivity index is 0.000000252. The van der Waals surface area contributed by atoms with E-state index in [1.54, 1.807) is 27.2 Å². The number of esters is 2. The van der Waals surface area contributed by atoms with Crippen molar-refractivity contribution in [2.75, 3.05) is 26.4 Å². The van der Waals surface area contributed by atoms with Gasteiger partial charge in [0.2, 0.25) is 0 Å². The summed E-state index contributed by atoms with van der Waals surface area (Å²) in [6, 6.07) is 21.2. The Hall–Kier alpha value is -1.84. The summed E-state index contributed by atoms with van der Waals surface area (Å²) in [4.78, 5) is 37.3. The summed E-state index contributed by atoms with van der Waals surface area (Å²) in [7, 11) is -1.12. The first-order valence-corrected chi connectivity index (χ1v) is 38.0. The highest BCUT2D eigenvalue weighted by Gasteiger charge is 2.27. The van der Waals surface area contributed by atoms with Crippen LogP contribution in [0.5, 0.6) is 0 Å². The van der Waals surface area contributed by atoms with Crippen LogP contribution in [0.2, 0.25) is 19.6 Å². The molecule has 17 heteroatoms. The number of thiophene rings is 6. The lowest BCUT2D eigenvalue weighted by molar-refractivity contribution is -0.0415. The minimum atomic E-state index is -1.12. The maximum atomic E-state index is 13.2. The Bertz CT molecular complexity index is 2510. The Morgan fingerprint density at radius 2 is 0.872 bits per heavy atom. The van der Waals surface area contributed by atoms with Gasteiger partial charge < -0.3 is 28.4 Å². The number of halogens is 2. The zero-order valence-corrected chi connectivity index (χ0v) is 55.7. The number of carbonyl (C=O) groups excluding carboxylic acids is 2. The molecule has 0 amide bonds. The van der Waals surface area contributed by atoms with Crippen LogP contribution in [0.25, 0.3) is 29.3 Å². The molecule has 8 rings (SSSR count). The number of hydrogen-bond donors (Lipinski definition) is 0. The molecular weight excluding hydrogens is 1240 g/mol. The van der Waals surface area contributed by atoms with Crippen molar-refractivity contribution >= 4 is 124 Å². The largest absolute Gasteiger partial charge is 0.459 e. The second kappa shape index (κ2) is 35.3. The molecule has 0 saturated carbocycles. The quantitative estimate of drug-likeness (QED) is 0.0273. The van der Waals surface area contributed by atoms with Crippen molar-refractivity contribution in [2.24, 2.45) is 0 Å². The highest BCUT2D eigenvalue weighted by molar-refractivity contribution is 9.11. The molecule has 432 valence electrons. The minimum Gasteiger partial charge on any atom is -0.459 e. The van der Waals surface area contributed by atoms with Gasteiger partial charge >= 0.3 is 11.9 Å². The smallest absolute Gasteiger partial charge is 0.340 e. The van der Waals surface area contributed by atoms with Crippen LogP contribution < -0.4 is 4.50 Å². The third kappa shape index (κ3) is 21.4. The van der Waals surface area contributed by atoms with Crippen LogP contribution in [-0.2, 0) is 28.4 Å². The van der Waals surface area contributed by atoms with Crippen LogP contribution in [0.3, 0.4) is 0 Å². The Morgan fingerprint density at radius 3 is 1.26 bits per heavy atom. The van der Waals surface area contributed by atoms with Gasteiger partial charge in [0.05, 0.1) is 63.0 Å². The minimum absolute atomic E-state index is 0. The van der Waals surface area contributed by atoms with Gasteiger partial charge in [-0.05, 0) is 136 Å². The van der Waals surface area contributed by atoms with Gasteiger partial charge in [0.25, 0.3) is 0 Å². The van der Waals surface area contributed by atoms with Crippen molar-refractivity contribution in [3.8, 4) is 29.3 Å². The Morgan fingerprint density at radius 1 is 0.500 bits per heavy atom. The molecule has 8 nitrogen and oxygen atoms in total. The van der Waals surface area contributed by atoms with Crippen molar-refractivity contribution < 1.29 is 38.0 Å². The van der Waals surface area contributed by atoms with E-state index in [4.69, 9.17) is 28.4 Å². The van der Waals surface area contributed by atoms with Crippen LogP contribution in [0.1, 0.15) is 199 Å². The maximum absolute atomic E-state index is 13.2. The first kappa shape index (κ1) is 67.0. The van der Waals surface area contributed by atoms with Crippen molar-refractivity contribution in [1.82, 2.24) is 0 Å². The molecule has 0 aromatic carbocycles. The van der Waals surface area contributed by atoms with E-state index in [0.29, 0.717) is 37.6 Å². The number of ether oxygens (including phenoxy) is 6. The van der Waals surface area contributed by atoms with Crippen molar-refractivity contribution in [3.63, 3.8) is 0 Å². The van der Waals surface area contributed by atoms with E-state index < -0.39 is 8.07 Å². The van der Waals surface area contributed by atoms with Crippen LogP contribution in [0.4, 0.5) is 0 Å². The molecule has 2 fully saturated rings. The highest BCUT2D eigenvalue weighted by atomic mass is 79.9. The summed E-state index contributed by atoms with van der Waals surface area (Å²) in [5, 5.41) is 0. The molecule has 2 aliphatic rings. The fraction of sp³-hybridized carbons (Fsp3) is 0.574.